The second-order valence-corrected chi connectivity index (χ2v) is 4.85. The molecule has 18 heavy (non-hydrogen) atoms. The standard InChI is InChI=1S/C13H18N2O.2ClH/c1-2-4-11(5-3-1)6-13-9-14-7-12(16-13)8-15-10-13;;/h1-5,12,14-15H,6-10H2;2*1H. The minimum absolute atomic E-state index is 0. The van der Waals surface area contributed by atoms with Gasteiger partial charge in [-0.25, -0.2) is 0 Å². The van der Waals surface area contributed by atoms with Crippen molar-refractivity contribution < 1.29 is 4.74 Å². The van der Waals surface area contributed by atoms with Crippen LogP contribution in [0.5, 0.6) is 0 Å². The summed E-state index contributed by atoms with van der Waals surface area (Å²) in [5, 5.41) is 6.97. The van der Waals surface area contributed by atoms with E-state index in [1.165, 1.54) is 5.56 Å². The Bertz CT molecular complexity index is 351. The lowest BCUT2D eigenvalue weighted by molar-refractivity contribution is -0.135. The largest absolute Gasteiger partial charge is 0.366 e. The molecule has 0 aliphatic carbocycles. The molecule has 1 aromatic rings. The highest BCUT2D eigenvalue weighted by Gasteiger charge is 2.40. The quantitative estimate of drug-likeness (QED) is 0.864. The fourth-order valence-electron chi connectivity index (χ4n) is 2.71. The van der Waals surface area contributed by atoms with Gasteiger partial charge in [0.25, 0.3) is 0 Å². The molecule has 3 rings (SSSR count). The molecule has 2 N–H and O–H groups in total. The molecule has 2 heterocycles. The molecule has 0 amide bonds. The lowest BCUT2D eigenvalue weighted by atomic mass is 9.90. The first-order chi connectivity index (χ1) is 7.86. The predicted octanol–water partition coefficient (Wildman–Crippen LogP) is 1.40. The van der Waals surface area contributed by atoms with Crippen molar-refractivity contribution in [2.24, 2.45) is 0 Å². The number of morpholine rings is 2. The summed E-state index contributed by atoms with van der Waals surface area (Å²) >= 11 is 0. The lowest BCUT2D eigenvalue weighted by Crippen LogP contribution is -2.65. The number of benzene rings is 1. The van der Waals surface area contributed by atoms with E-state index in [1.54, 1.807) is 0 Å². The van der Waals surface area contributed by atoms with E-state index >= 15 is 0 Å². The summed E-state index contributed by atoms with van der Waals surface area (Å²) < 4.78 is 6.19. The smallest absolute Gasteiger partial charge is 0.0974 e. The third-order valence-electron chi connectivity index (χ3n) is 3.42. The minimum atomic E-state index is -0.0392. The van der Waals surface area contributed by atoms with Crippen LogP contribution in [0.25, 0.3) is 0 Å². The van der Waals surface area contributed by atoms with Crippen molar-refractivity contribution in [3.8, 4) is 0 Å². The van der Waals surface area contributed by atoms with Gasteiger partial charge in [0.1, 0.15) is 0 Å². The molecule has 2 fully saturated rings. The van der Waals surface area contributed by atoms with Gasteiger partial charge in [-0.15, -0.1) is 24.8 Å². The SMILES string of the molecule is Cl.Cl.c1ccc(CC23CNCC(CNC2)O3)cc1. The van der Waals surface area contributed by atoms with Crippen LogP contribution < -0.4 is 10.6 Å². The van der Waals surface area contributed by atoms with Gasteiger partial charge >= 0.3 is 0 Å². The topological polar surface area (TPSA) is 33.3 Å². The zero-order valence-corrected chi connectivity index (χ0v) is 11.9. The van der Waals surface area contributed by atoms with Crippen LogP contribution in [0.2, 0.25) is 0 Å². The van der Waals surface area contributed by atoms with Gasteiger partial charge < -0.3 is 15.4 Å². The van der Waals surface area contributed by atoms with Gasteiger partial charge in [0.15, 0.2) is 0 Å². The van der Waals surface area contributed by atoms with Crippen LogP contribution in [0.4, 0.5) is 0 Å². The molecule has 5 heteroatoms. The van der Waals surface area contributed by atoms with Gasteiger partial charge in [-0.3, -0.25) is 0 Å². The molecular weight excluding hydrogens is 271 g/mol. The Balaban J connectivity index is 0.000000810. The number of fused-ring (bicyclic) bond motifs is 2. The Kier molecular flexibility index (Phi) is 5.89. The predicted molar refractivity (Wildman–Crippen MR) is 78.0 cm³/mol. The van der Waals surface area contributed by atoms with Gasteiger partial charge in [0.2, 0.25) is 0 Å². The van der Waals surface area contributed by atoms with Crippen LogP contribution in [0.3, 0.4) is 0 Å². The second-order valence-electron chi connectivity index (χ2n) is 4.85. The van der Waals surface area contributed by atoms with E-state index in [0.29, 0.717) is 6.10 Å². The van der Waals surface area contributed by atoms with E-state index in [9.17, 15) is 0 Å². The first kappa shape index (κ1) is 15.7. The molecule has 2 aliphatic rings. The highest BCUT2D eigenvalue weighted by Crippen LogP contribution is 2.24. The molecular formula is C13H20Cl2N2O. The van der Waals surface area contributed by atoms with E-state index in [0.717, 1.165) is 32.6 Å². The summed E-state index contributed by atoms with van der Waals surface area (Å²) in [6.07, 6.45) is 1.33. The van der Waals surface area contributed by atoms with Gasteiger partial charge in [-0.05, 0) is 5.56 Å². The van der Waals surface area contributed by atoms with Crippen LogP contribution in [-0.2, 0) is 11.2 Å². The zero-order valence-electron chi connectivity index (χ0n) is 10.2. The molecule has 2 saturated heterocycles. The summed E-state index contributed by atoms with van der Waals surface area (Å²) in [6.45, 7) is 3.85. The summed E-state index contributed by atoms with van der Waals surface area (Å²) in [5.74, 6) is 0. The molecule has 2 bridgehead atoms. The number of halogens is 2. The first-order valence-corrected chi connectivity index (χ1v) is 6.00. The Morgan fingerprint density at radius 1 is 1.06 bits per heavy atom. The Morgan fingerprint density at radius 2 is 1.67 bits per heavy atom. The molecule has 3 nitrogen and oxygen atoms in total. The molecule has 2 aliphatic heterocycles. The maximum Gasteiger partial charge on any atom is 0.0974 e. The fourth-order valence-corrected chi connectivity index (χ4v) is 2.71. The van der Waals surface area contributed by atoms with Gasteiger partial charge in [0, 0.05) is 32.6 Å². The van der Waals surface area contributed by atoms with Crippen molar-refractivity contribution in [1.29, 1.82) is 0 Å². The van der Waals surface area contributed by atoms with Gasteiger partial charge in [0.05, 0.1) is 11.7 Å². The lowest BCUT2D eigenvalue weighted by Gasteiger charge is -2.46. The monoisotopic (exact) mass is 290 g/mol. The maximum absolute atomic E-state index is 6.19. The van der Waals surface area contributed by atoms with Gasteiger partial charge in [-0.2, -0.15) is 0 Å². The second kappa shape index (κ2) is 6.73. The van der Waals surface area contributed by atoms with Crippen LogP contribution in [0.1, 0.15) is 5.56 Å². The van der Waals surface area contributed by atoms with Gasteiger partial charge in [-0.1, -0.05) is 30.3 Å². The number of hydrogen-bond donors (Lipinski definition) is 2. The molecule has 102 valence electrons. The number of nitrogens with one attached hydrogen (secondary N) is 2. The number of rotatable bonds is 2. The Hall–Kier alpha value is -0.320. The zero-order chi connectivity index (χ0) is 10.8. The van der Waals surface area contributed by atoms with Crippen LogP contribution >= 0.6 is 24.8 Å². The van der Waals surface area contributed by atoms with Crippen LogP contribution in [0, 0.1) is 0 Å². The Morgan fingerprint density at radius 3 is 2.28 bits per heavy atom. The number of ether oxygens (including phenoxy) is 1. The maximum atomic E-state index is 6.19. The molecule has 0 atom stereocenters. The summed E-state index contributed by atoms with van der Waals surface area (Å²) in [5.41, 5.74) is 1.32. The number of hydrogen-bond acceptors (Lipinski definition) is 3. The van der Waals surface area contributed by atoms with E-state index in [2.05, 4.69) is 41.0 Å². The molecule has 0 aromatic heterocycles. The fraction of sp³-hybridized carbons (Fsp3) is 0.538. The van der Waals surface area contributed by atoms with Crippen molar-refractivity contribution in [2.45, 2.75) is 18.1 Å². The van der Waals surface area contributed by atoms with Crippen molar-refractivity contribution >= 4 is 24.8 Å². The van der Waals surface area contributed by atoms with E-state index in [-0.39, 0.29) is 30.4 Å². The molecule has 0 spiro atoms. The van der Waals surface area contributed by atoms with Crippen LogP contribution in [-0.4, -0.2) is 37.9 Å². The summed E-state index contributed by atoms with van der Waals surface area (Å²) in [7, 11) is 0. The van der Waals surface area contributed by atoms with E-state index < -0.39 is 0 Å². The third-order valence-corrected chi connectivity index (χ3v) is 3.42. The normalized spacial score (nSPS) is 29.9. The minimum Gasteiger partial charge on any atom is -0.366 e. The summed E-state index contributed by atoms with van der Waals surface area (Å²) in [4.78, 5) is 0. The summed E-state index contributed by atoms with van der Waals surface area (Å²) in [6, 6.07) is 10.6. The van der Waals surface area contributed by atoms with Crippen molar-refractivity contribution in [1.82, 2.24) is 10.6 Å². The molecule has 1 aromatic carbocycles. The Labute approximate surface area is 120 Å². The molecule has 0 saturated carbocycles. The molecule has 0 radical (unpaired) electrons. The molecule has 0 unspecified atom stereocenters. The van der Waals surface area contributed by atoms with Crippen molar-refractivity contribution in [3.05, 3.63) is 35.9 Å². The average Bonchev–Trinajstić information content (AvgIpc) is 2.30. The first-order valence-electron chi connectivity index (χ1n) is 6.00. The van der Waals surface area contributed by atoms with Crippen molar-refractivity contribution in [3.63, 3.8) is 0 Å². The van der Waals surface area contributed by atoms with Crippen LogP contribution in [0.15, 0.2) is 30.3 Å². The van der Waals surface area contributed by atoms with E-state index in [1.807, 2.05) is 0 Å². The third kappa shape index (κ3) is 3.37. The van der Waals surface area contributed by atoms with Crippen molar-refractivity contribution in [2.75, 3.05) is 26.2 Å². The highest BCUT2D eigenvalue weighted by atomic mass is 35.5. The average molecular weight is 291 g/mol. The highest BCUT2D eigenvalue weighted by molar-refractivity contribution is 5.85. The van der Waals surface area contributed by atoms with E-state index in [4.69, 9.17) is 4.74 Å².